The third kappa shape index (κ3) is 3.29. The lowest BCUT2D eigenvalue weighted by molar-refractivity contribution is 0.0226. The van der Waals surface area contributed by atoms with E-state index in [2.05, 4.69) is 10.1 Å². The molecule has 3 heterocycles. The van der Waals surface area contributed by atoms with Crippen LogP contribution in [-0.2, 0) is 24.2 Å². The lowest BCUT2D eigenvalue weighted by Gasteiger charge is -2.30. The van der Waals surface area contributed by atoms with Crippen LogP contribution in [0.2, 0.25) is 0 Å². The van der Waals surface area contributed by atoms with Gasteiger partial charge in [-0.25, -0.2) is 14.5 Å². The van der Waals surface area contributed by atoms with E-state index in [-0.39, 0.29) is 6.09 Å². The molecule has 0 saturated carbocycles. The number of ether oxygens (including phenoxy) is 1. The Labute approximate surface area is 145 Å². The smallest absolute Gasteiger partial charge is 0.410 e. The van der Waals surface area contributed by atoms with Crippen molar-refractivity contribution in [3.63, 3.8) is 0 Å². The van der Waals surface area contributed by atoms with Gasteiger partial charge < -0.3 is 15.4 Å². The van der Waals surface area contributed by atoms with Crippen molar-refractivity contribution in [3.8, 4) is 5.00 Å². The number of thiophene rings is 1. The number of carbonyl (C=O) groups is 1. The number of hydrogen-bond acceptors (Lipinski definition) is 6. The lowest BCUT2D eigenvalue weighted by atomic mass is 10.0. The van der Waals surface area contributed by atoms with Crippen molar-refractivity contribution in [2.45, 2.75) is 52.8 Å². The molecule has 0 unspecified atom stereocenters. The Morgan fingerprint density at radius 1 is 1.46 bits per heavy atom. The van der Waals surface area contributed by atoms with Crippen LogP contribution in [0.5, 0.6) is 0 Å². The Morgan fingerprint density at radius 2 is 2.21 bits per heavy atom. The third-order valence-electron chi connectivity index (χ3n) is 3.82. The predicted molar refractivity (Wildman–Crippen MR) is 92.2 cm³/mol. The number of fused-ring (bicyclic) bond motifs is 1. The van der Waals surface area contributed by atoms with Gasteiger partial charge in [-0.2, -0.15) is 5.10 Å². The third-order valence-corrected chi connectivity index (χ3v) is 5.06. The number of nitrogens with zero attached hydrogens (tertiary/aromatic N) is 4. The van der Waals surface area contributed by atoms with E-state index in [1.165, 1.54) is 5.56 Å². The van der Waals surface area contributed by atoms with Crippen molar-refractivity contribution >= 4 is 17.4 Å². The maximum absolute atomic E-state index is 12.3. The van der Waals surface area contributed by atoms with Crippen LogP contribution in [0.1, 0.15) is 42.6 Å². The normalized spacial score (nSPS) is 14.6. The zero-order chi connectivity index (χ0) is 17.5. The van der Waals surface area contributed by atoms with Crippen LogP contribution in [0.25, 0.3) is 5.00 Å². The molecule has 0 atom stereocenters. The summed E-state index contributed by atoms with van der Waals surface area (Å²) in [6, 6.07) is 0. The van der Waals surface area contributed by atoms with Crippen molar-refractivity contribution < 1.29 is 9.53 Å². The zero-order valence-electron chi connectivity index (χ0n) is 14.5. The number of nitrogens with two attached hydrogens (primary N) is 1. The highest BCUT2D eigenvalue weighted by atomic mass is 32.1. The topological polar surface area (TPSA) is 86.3 Å². The van der Waals surface area contributed by atoms with E-state index in [4.69, 9.17) is 10.5 Å². The number of aryl methyl sites for hydroxylation is 1. The number of amides is 1. The van der Waals surface area contributed by atoms with Crippen molar-refractivity contribution in [2.24, 2.45) is 5.73 Å². The molecule has 0 aliphatic carbocycles. The molecular weight excluding hydrogens is 326 g/mol. The monoisotopic (exact) mass is 349 g/mol. The second kappa shape index (κ2) is 6.18. The molecule has 130 valence electrons. The minimum atomic E-state index is -0.487. The first-order valence-electron chi connectivity index (χ1n) is 7.98. The maximum Gasteiger partial charge on any atom is 0.410 e. The van der Waals surface area contributed by atoms with E-state index >= 15 is 0 Å². The Bertz CT molecular complexity index is 759. The Hall–Kier alpha value is -1.93. The molecule has 0 aromatic carbocycles. The van der Waals surface area contributed by atoms with E-state index in [0.29, 0.717) is 19.6 Å². The highest BCUT2D eigenvalue weighted by molar-refractivity contribution is 7.14. The summed E-state index contributed by atoms with van der Waals surface area (Å²) < 4.78 is 7.26. The standard InChI is InChI=1S/C16H23N5O2S/c1-10-18-9-21(19-10)14-12(7-17)11-5-6-20(8-13(11)24-14)15(22)23-16(2,3)4/h9H,5-8,17H2,1-4H3. The summed E-state index contributed by atoms with van der Waals surface area (Å²) in [4.78, 5) is 19.4. The molecule has 0 radical (unpaired) electrons. The van der Waals surface area contributed by atoms with E-state index in [9.17, 15) is 4.79 Å². The molecular formula is C16H23N5O2S. The fourth-order valence-corrected chi connectivity index (χ4v) is 4.09. The quantitative estimate of drug-likeness (QED) is 0.899. The molecule has 3 rings (SSSR count). The lowest BCUT2D eigenvalue weighted by Crippen LogP contribution is -2.39. The summed E-state index contributed by atoms with van der Waals surface area (Å²) in [6.45, 7) is 9.13. The van der Waals surface area contributed by atoms with Crippen LogP contribution in [0.4, 0.5) is 4.79 Å². The first-order chi connectivity index (χ1) is 11.3. The molecule has 0 fully saturated rings. The van der Waals surface area contributed by atoms with Gasteiger partial charge in [-0.15, -0.1) is 11.3 Å². The molecule has 1 amide bonds. The van der Waals surface area contributed by atoms with Gasteiger partial charge in [-0.3, -0.25) is 0 Å². The summed E-state index contributed by atoms with van der Waals surface area (Å²) in [5.74, 6) is 0.722. The van der Waals surface area contributed by atoms with Crippen LogP contribution in [-0.4, -0.2) is 37.9 Å². The van der Waals surface area contributed by atoms with Crippen LogP contribution in [0, 0.1) is 6.92 Å². The number of aromatic nitrogens is 3. The highest BCUT2D eigenvalue weighted by Crippen LogP contribution is 2.35. The van der Waals surface area contributed by atoms with Crippen molar-refractivity contribution in [2.75, 3.05) is 6.54 Å². The molecule has 0 saturated heterocycles. The summed E-state index contributed by atoms with van der Waals surface area (Å²) >= 11 is 1.62. The number of hydrogen-bond donors (Lipinski definition) is 1. The summed E-state index contributed by atoms with van der Waals surface area (Å²) in [5, 5.41) is 5.39. The van der Waals surface area contributed by atoms with Gasteiger partial charge in [0, 0.05) is 23.5 Å². The number of rotatable bonds is 2. The van der Waals surface area contributed by atoms with Crippen LogP contribution >= 0.6 is 11.3 Å². The molecule has 2 aromatic heterocycles. The average molecular weight is 349 g/mol. The SMILES string of the molecule is Cc1ncn(-c2sc3c(c2CN)CCN(C(=O)OC(C)(C)C)C3)n1. The Balaban J connectivity index is 1.87. The first-order valence-corrected chi connectivity index (χ1v) is 8.80. The fraction of sp³-hybridized carbons (Fsp3) is 0.562. The molecule has 0 bridgehead atoms. The van der Waals surface area contributed by atoms with Gasteiger partial charge in [0.25, 0.3) is 0 Å². The molecule has 24 heavy (non-hydrogen) atoms. The van der Waals surface area contributed by atoms with Gasteiger partial charge in [0.15, 0.2) is 0 Å². The average Bonchev–Trinajstić information content (AvgIpc) is 3.07. The van der Waals surface area contributed by atoms with Crippen LogP contribution in [0.15, 0.2) is 6.33 Å². The predicted octanol–water partition coefficient (Wildman–Crippen LogP) is 2.39. The fourth-order valence-electron chi connectivity index (χ4n) is 2.78. The summed E-state index contributed by atoms with van der Waals surface area (Å²) in [5.41, 5.74) is 7.84. The van der Waals surface area contributed by atoms with E-state index in [1.807, 2.05) is 27.7 Å². The summed E-state index contributed by atoms with van der Waals surface area (Å²) in [6.07, 6.45) is 2.22. The molecule has 2 aromatic rings. The van der Waals surface area contributed by atoms with Gasteiger partial charge >= 0.3 is 6.09 Å². The molecule has 7 nitrogen and oxygen atoms in total. The second-order valence-electron chi connectivity index (χ2n) is 6.88. The van der Waals surface area contributed by atoms with Gasteiger partial charge in [-0.05, 0) is 39.7 Å². The summed E-state index contributed by atoms with van der Waals surface area (Å²) in [7, 11) is 0. The zero-order valence-corrected chi connectivity index (χ0v) is 15.3. The molecule has 2 N–H and O–H groups in total. The van der Waals surface area contributed by atoms with Gasteiger partial charge in [0.2, 0.25) is 0 Å². The van der Waals surface area contributed by atoms with E-state index < -0.39 is 5.60 Å². The van der Waals surface area contributed by atoms with Crippen LogP contribution in [0.3, 0.4) is 0 Å². The van der Waals surface area contributed by atoms with Gasteiger partial charge in [0.1, 0.15) is 22.8 Å². The van der Waals surface area contributed by atoms with E-state index in [0.717, 1.165) is 27.7 Å². The van der Waals surface area contributed by atoms with Gasteiger partial charge in [-0.1, -0.05) is 0 Å². The number of carbonyl (C=O) groups excluding carboxylic acids is 1. The van der Waals surface area contributed by atoms with Gasteiger partial charge in [0.05, 0.1) is 6.54 Å². The highest BCUT2D eigenvalue weighted by Gasteiger charge is 2.29. The van der Waals surface area contributed by atoms with Crippen LogP contribution < -0.4 is 5.73 Å². The Kier molecular flexibility index (Phi) is 4.35. The second-order valence-corrected chi connectivity index (χ2v) is 7.96. The minimum absolute atomic E-state index is 0.269. The Morgan fingerprint density at radius 3 is 2.79 bits per heavy atom. The largest absolute Gasteiger partial charge is 0.444 e. The maximum atomic E-state index is 12.3. The van der Waals surface area contributed by atoms with Crippen molar-refractivity contribution in [1.82, 2.24) is 19.7 Å². The first kappa shape index (κ1) is 16.9. The molecule has 1 aliphatic heterocycles. The molecule has 1 aliphatic rings. The molecule has 0 spiro atoms. The van der Waals surface area contributed by atoms with Crippen molar-refractivity contribution in [1.29, 1.82) is 0 Å². The molecule has 8 heteroatoms. The van der Waals surface area contributed by atoms with Crippen molar-refractivity contribution in [3.05, 3.63) is 28.2 Å². The minimum Gasteiger partial charge on any atom is -0.444 e. The van der Waals surface area contributed by atoms with E-state index in [1.54, 1.807) is 27.2 Å².